The number of rotatable bonds is 4. The molecule has 0 spiro atoms. The molecule has 1 fully saturated rings. The van der Waals surface area contributed by atoms with Crippen molar-refractivity contribution < 1.29 is 22.6 Å². The Hall–Kier alpha value is -3.58. The Balaban J connectivity index is 1.42. The van der Waals surface area contributed by atoms with Crippen molar-refractivity contribution in [2.24, 2.45) is 5.92 Å². The SMILES string of the molecule is FC(F)(F)c1ncnc(N2CCc3c([nH]c4ccc(-n5nccn5)cc34)[C@@H]2CC2COCOC2)n1. The summed E-state index contributed by atoms with van der Waals surface area (Å²) in [5.41, 5.74) is 3.79. The molecule has 0 radical (unpaired) electrons. The fourth-order valence-electron chi connectivity index (χ4n) is 4.86. The van der Waals surface area contributed by atoms with Gasteiger partial charge in [-0.25, -0.2) is 9.97 Å². The highest BCUT2D eigenvalue weighted by molar-refractivity contribution is 5.87. The topological polar surface area (TPSA) is 107 Å². The average molecular weight is 486 g/mol. The predicted molar refractivity (Wildman–Crippen MR) is 117 cm³/mol. The van der Waals surface area contributed by atoms with Crippen molar-refractivity contribution in [3.8, 4) is 5.69 Å². The van der Waals surface area contributed by atoms with Crippen molar-refractivity contribution in [3.63, 3.8) is 0 Å². The van der Waals surface area contributed by atoms with Gasteiger partial charge in [-0.2, -0.15) is 33.1 Å². The quantitative estimate of drug-likeness (QED) is 0.469. The van der Waals surface area contributed by atoms with Gasteiger partial charge >= 0.3 is 6.18 Å². The number of hydrogen-bond donors (Lipinski definition) is 1. The highest BCUT2D eigenvalue weighted by Gasteiger charge is 2.38. The van der Waals surface area contributed by atoms with Crippen LogP contribution in [0.5, 0.6) is 0 Å². The van der Waals surface area contributed by atoms with Crippen LogP contribution in [0, 0.1) is 5.92 Å². The van der Waals surface area contributed by atoms with Gasteiger partial charge in [-0.05, 0) is 36.6 Å². The second-order valence-electron chi connectivity index (χ2n) is 8.59. The van der Waals surface area contributed by atoms with Gasteiger partial charge in [0.1, 0.15) is 13.1 Å². The van der Waals surface area contributed by atoms with Gasteiger partial charge in [-0.15, -0.1) is 0 Å². The molecule has 0 amide bonds. The normalized spacial score (nSPS) is 19.3. The van der Waals surface area contributed by atoms with Crippen LogP contribution in [0.25, 0.3) is 16.6 Å². The third kappa shape index (κ3) is 4.10. The van der Waals surface area contributed by atoms with E-state index in [0.717, 1.165) is 34.2 Å². The Labute approximate surface area is 197 Å². The van der Waals surface area contributed by atoms with Gasteiger partial charge in [0.15, 0.2) is 0 Å². The molecule has 6 rings (SSSR count). The van der Waals surface area contributed by atoms with E-state index in [-0.39, 0.29) is 24.7 Å². The molecule has 1 saturated heterocycles. The van der Waals surface area contributed by atoms with E-state index >= 15 is 0 Å². The fraction of sp³-hybridized carbons (Fsp3) is 0.409. The van der Waals surface area contributed by atoms with Crippen molar-refractivity contribution in [1.82, 2.24) is 34.9 Å². The Morgan fingerprint density at radius 3 is 2.66 bits per heavy atom. The van der Waals surface area contributed by atoms with Gasteiger partial charge in [-0.3, -0.25) is 0 Å². The maximum atomic E-state index is 13.3. The first-order valence-corrected chi connectivity index (χ1v) is 11.2. The van der Waals surface area contributed by atoms with E-state index in [0.29, 0.717) is 32.6 Å². The molecule has 0 saturated carbocycles. The number of halogens is 3. The first-order chi connectivity index (χ1) is 17.0. The minimum Gasteiger partial charge on any atom is -0.356 e. The van der Waals surface area contributed by atoms with Crippen molar-refractivity contribution in [1.29, 1.82) is 0 Å². The number of H-pyrrole nitrogens is 1. The molecule has 182 valence electrons. The van der Waals surface area contributed by atoms with Gasteiger partial charge in [0, 0.05) is 29.1 Å². The lowest BCUT2D eigenvalue weighted by atomic mass is 9.90. The zero-order valence-corrected chi connectivity index (χ0v) is 18.4. The largest absolute Gasteiger partial charge is 0.451 e. The predicted octanol–water partition coefficient (Wildman–Crippen LogP) is 3.07. The van der Waals surface area contributed by atoms with Crippen LogP contribution in [0.15, 0.2) is 36.9 Å². The molecule has 4 aromatic rings. The van der Waals surface area contributed by atoms with Crippen LogP contribution in [0.1, 0.15) is 29.5 Å². The molecule has 0 unspecified atom stereocenters. The molecule has 2 aliphatic rings. The van der Waals surface area contributed by atoms with Crippen LogP contribution < -0.4 is 4.90 Å². The first kappa shape index (κ1) is 21.9. The van der Waals surface area contributed by atoms with Crippen LogP contribution in [-0.4, -0.2) is 61.5 Å². The number of aromatic amines is 1. The van der Waals surface area contributed by atoms with Gasteiger partial charge in [-0.1, -0.05) is 0 Å². The van der Waals surface area contributed by atoms with Crippen LogP contribution in [0.3, 0.4) is 0 Å². The summed E-state index contributed by atoms with van der Waals surface area (Å²) in [6.07, 6.45) is 0.690. The summed E-state index contributed by atoms with van der Waals surface area (Å²) in [4.78, 5) is 18.1. The van der Waals surface area contributed by atoms with Crippen molar-refractivity contribution in [2.75, 3.05) is 31.5 Å². The Morgan fingerprint density at radius 2 is 1.89 bits per heavy atom. The molecule has 13 heteroatoms. The van der Waals surface area contributed by atoms with E-state index in [4.69, 9.17) is 9.47 Å². The van der Waals surface area contributed by atoms with E-state index in [2.05, 4.69) is 30.1 Å². The molecular formula is C22H21F3N8O2. The smallest absolute Gasteiger partial charge is 0.356 e. The molecule has 35 heavy (non-hydrogen) atoms. The van der Waals surface area contributed by atoms with E-state index in [1.165, 1.54) is 0 Å². The van der Waals surface area contributed by atoms with Crippen LogP contribution >= 0.6 is 0 Å². The summed E-state index contributed by atoms with van der Waals surface area (Å²) in [6, 6.07) is 5.61. The molecule has 2 aliphatic heterocycles. The summed E-state index contributed by atoms with van der Waals surface area (Å²) >= 11 is 0. The van der Waals surface area contributed by atoms with Crippen molar-refractivity contribution >= 4 is 16.9 Å². The highest BCUT2D eigenvalue weighted by Crippen LogP contribution is 2.40. The van der Waals surface area contributed by atoms with Crippen LogP contribution in [0.2, 0.25) is 0 Å². The molecular weight excluding hydrogens is 465 g/mol. The first-order valence-electron chi connectivity index (χ1n) is 11.2. The Kier molecular flexibility index (Phi) is 5.37. The maximum Gasteiger partial charge on any atom is 0.451 e. The van der Waals surface area contributed by atoms with Gasteiger partial charge < -0.3 is 19.4 Å². The highest BCUT2D eigenvalue weighted by atomic mass is 19.4. The minimum atomic E-state index is -4.66. The second kappa shape index (κ2) is 8.57. The summed E-state index contributed by atoms with van der Waals surface area (Å²) in [7, 11) is 0. The molecule has 0 bridgehead atoms. The lowest BCUT2D eigenvalue weighted by Crippen LogP contribution is -2.39. The van der Waals surface area contributed by atoms with Gasteiger partial charge in [0.05, 0.1) is 37.3 Å². The van der Waals surface area contributed by atoms with Gasteiger partial charge in [0.25, 0.3) is 0 Å². The van der Waals surface area contributed by atoms with E-state index in [9.17, 15) is 13.2 Å². The molecule has 10 nitrogen and oxygen atoms in total. The number of benzene rings is 1. The number of ether oxygens (including phenoxy) is 2. The Morgan fingerprint density at radius 1 is 1.09 bits per heavy atom. The monoisotopic (exact) mass is 486 g/mol. The number of nitrogens with zero attached hydrogens (tertiary/aromatic N) is 7. The summed E-state index contributed by atoms with van der Waals surface area (Å²) in [6.45, 7) is 1.72. The lowest BCUT2D eigenvalue weighted by Gasteiger charge is -2.38. The standard InChI is InChI=1S/C22H21F3N8O2/c23-22(24,25)20-26-11-27-21(31-20)32-6-3-15-16-8-14(33-28-4-5-29-33)1-2-17(16)30-19(15)18(32)7-13-9-34-12-35-10-13/h1-2,4-5,8,11,13,18,30H,3,6-7,9-10,12H2/t18-/m0/s1. The fourth-order valence-corrected chi connectivity index (χ4v) is 4.86. The van der Waals surface area contributed by atoms with Gasteiger partial charge in [0.2, 0.25) is 11.8 Å². The summed E-state index contributed by atoms with van der Waals surface area (Å²) in [5, 5.41) is 9.44. The molecule has 3 aromatic heterocycles. The van der Waals surface area contributed by atoms with Crippen LogP contribution in [0.4, 0.5) is 19.1 Å². The summed E-state index contributed by atoms with van der Waals surface area (Å²) in [5.74, 6) is -1.13. The third-order valence-electron chi connectivity index (χ3n) is 6.38. The molecule has 5 heterocycles. The lowest BCUT2D eigenvalue weighted by molar-refractivity contribution is -0.145. The molecule has 1 atom stereocenters. The van der Waals surface area contributed by atoms with Crippen molar-refractivity contribution in [2.45, 2.75) is 25.1 Å². The number of alkyl halides is 3. The average Bonchev–Trinajstić information content (AvgIpc) is 3.53. The van der Waals surface area contributed by atoms with E-state index in [1.54, 1.807) is 17.2 Å². The third-order valence-corrected chi connectivity index (χ3v) is 6.38. The number of aromatic nitrogens is 7. The molecule has 1 N–H and O–H groups in total. The Bertz CT molecular complexity index is 1330. The van der Waals surface area contributed by atoms with Crippen molar-refractivity contribution in [3.05, 3.63) is 54.0 Å². The maximum absolute atomic E-state index is 13.3. The number of fused-ring (bicyclic) bond motifs is 3. The minimum absolute atomic E-state index is 0.000655. The number of hydrogen-bond acceptors (Lipinski definition) is 8. The molecule has 1 aromatic carbocycles. The zero-order valence-electron chi connectivity index (χ0n) is 18.4. The van der Waals surface area contributed by atoms with E-state index in [1.807, 2.05) is 23.1 Å². The zero-order chi connectivity index (χ0) is 24.0. The van der Waals surface area contributed by atoms with E-state index < -0.39 is 12.0 Å². The molecule has 0 aliphatic carbocycles. The summed E-state index contributed by atoms with van der Waals surface area (Å²) < 4.78 is 50.9. The second-order valence-corrected chi connectivity index (χ2v) is 8.59. The van der Waals surface area contributed by atoms with Crippen LogP contribution in [-0.2, 0) is 22.1 Å². The number of nitrogens with one attached hydrogen (secondary N) is 1. The number of anilines is 1.